The average Bonchev–Trinajstić information content (AvgIpc) is 3.23. The fourth-order valence-corrected chi connectivity index (χ4v) is 3.09. The lowest BCUT2D eigenvalue weighted by Crippen LogP contribution is -2.17. The Kier molecular flexibility index (Phi) is 6.42. The highest BCUT2D eigenvalue weighted by atomic mass is 32.1. The molecular weight excluding hydrogens is 426 g/mol. The summed E-state index contributed by atoms with van der Waals surface area (Å²) in [6, 6.07) is 14.1. The van der Waals surface area contributed by atoms with Crippen LogP contribution in [0.2, 0.25) is 0 Å². The smallest absolute Gasteiger partial charge is 0.322 e. The summed E-state index contributed by atoms with van der Waals surface area (Å²) in [5, 5.41) is 27.8. The van der Waals surface area contributed by atoms with Crippen molar-refractivity contribution in [1.82, 2.24) is 5.43 Å². The van der Waals surface area contributed by atoms with Crippen LogP contribution in [-0.2, 0) is 0 Å². The first kappa shape index (κ1) is 21.3. The van der Waals surface area contributed by atoms with Gasteiger partial charge in [0.25, 0.3) is 17.5 Å². The molecule has 3 aromatic rings. The molecule has 0 fully saturated rings. The lowest BCUT2D eigenvalue weighted by molar-refractivity contribution is -0.384. The Morgan fingerprint density at radius 1 is 0.903 bits per heavy atom. The van der Waals surface area contributed by atoms with Crippen molar-refractivity contribution in [3.05, 3.63) is 96.9 Å². The highest BCUT2D eigenvalue weighted by Gasteiger charge is 2.12. The summed E-state index contributed by atoms with van der Waals surface area (Å²) in [7, 11) is 0. The zero-order valence-electron chi connectivity index (χ0n) is 15.6. The number of hydrogen-bond acceptors (Lipinski definition) is 8. The van der Waals surface area contributed by atoms with E-state index in [0.29, 0.717) is 10.6 Å². The van der Waals surface area contributed by atoms with Crippen molar-refractivity contribution >= 4 is 45.7 Å². The number of nitro benzene ring substituents is 1. The molecule has 0 aliphatic carbocycles. The summed E-state index contributed by atoms with van der Waals surface area (Å²) in [5.41, 5.74) is 2.89. The van der Waals surface area contributed by atoms with Crippen LogP contribution in [0.25, 0.3) is 0 Å². The SMILES string of the molecule is O=C(N/N=C/c1ccc([N+](=O)[O-])s1)c1ccc(NC(=O)c2cccc([N+](=O)[O-])c2)cc1. The number of amides is 2. The molecule has 1 aromatic heterocycles. The molecule has 0 aliphatic heterocycles. The minimum atomic E-state index is -0.591. The van der Waals surface area contributed by atoms with Crippen molar-refractivity contribution in [3.8, 4) is 0 Å². The molecule has 0 spiro atoms. The number of carbonyl (C=O) groups is 2. The number of thiophene rings is 1. The van der Waals surface area contributed by atoms with Gasteiger partial charge in [-0.1, -0.05) is 17.4 Å². The number of nitro groups is 2. The lowest BCUT2D eigenvalue weighted by Gasteiger charge is -2.06. The largest absolute Gasteiger partial charge is 0.324 e. The Bertz CT molecular complexity index is 1190. The van der Waals surface area contributed by atoms with Crippen molar-refractivity contribution < 1.29 is 19.4 Å². The van der Waals surface area contributed by atoms with Gasteiger partial charge in [0.05, 0.1) is 20.9 Å². The first-order valence-electron chi connectivity index (χ1n) is 8.57. The molecule has 0 bridgehead atoms. The highest BCUT2D eigenvalue weighted by molar-refractivity contribution is 7.16. The van der Waals surface area contributed by atoms with E-state index >= 15 is 0 Å². The molecule has 3 rings (SSSR count). The van der Waals surface area contributed by atoms with Gasteiger partial charge in [-0.25, -0.2) is 5.43 Å². The van der Waals surface area contributed by atoms with Gasteiger partial charge in [-0.2, -0.15) is 5.10 Å². The second-order valence-corrected chi connectivity index (χ2v) is 7.06. The third-order valence-electron chi connectivity index (χ3n) is 3.87. The zero-order valence-corrected chi connectivity index (χ0v) is 16.4. The summed E-state index contributed by atoms with van der Waals surface area (Å²) in [4.78, 5) is 45.2. The van der Waals surface area contributed by atoms with E-state index in [4.69, 9.17) is 0 Å². The van der Waals surface area contributed by atoms with Crippen molar-refractivity contribution in [3.63, 3.8) is 0 Å². The first-order chi connectivity index (χ1) is 14.8. The molecule has 31 heavy (non-hydrogen) atoms. The van der Waals surface area contributed by atoms with Crippen LogP contribution in [0.3, 0.4) is 0 Å². The number of hydrazone groups is 1. The fourth-order valence-electron chi connectivity index (χ4n) is 2.40. The molecule has 0 saturated carbocycles. The van der Waals surface area contributed by atoms with Crippen molar-refractivity contribution in [1.29, 1.82) is 0 Å². The van der Waals surface area contributed by atoms with Gasteiger partial charge in [0.15, 0.2) is 0 Å². The zero-order chi connectivity index (χ0) is 22.4. The number of non-ortho nitro benzene ring substituents is 1. The van der Waals surface area contributed by atoms with Crippen LogP contribution in [0.1, 0.15) is 25.6 Å². The van der Waals surface area contributed by atoms with Gasteiger partial charge >= 0.3 is 5.00 Å². The number of hydrogen-bond donors (Lipinski definition) is 2. The third kappa shape index (κ3) is 5.55. The van der Waals surface area contributed by atoms with Gasteiger partial charge in [-0.3, -0.25) is 29.8 Å². The normalized spacial score (nSPS) is 10.6. The first-order valence-corrected chi connectivity index (χ1v) is 9.38. The second-order valence-electron chi connectivity index (χ2n) is 5.97. The third-order valence-corrected chi connectivity index (χ3v) is 4.85. The van der Waals surface area contributed by atoms with E-state index in [1.165, 1.54) is 60.8 Å². The molecular formula is C19H13N5O6S. The van der Waals surface area contributed by atoms with Crippen molar-refractivity contribution in [2.24, 2.45) is 5.10 Å². The molecule has 12 heteroatoms. The van der Waals surface area contributed by atoms with Crippen LogP contribution in [0.5, 0.6) is 0 Å². The Balaban J connectivity index is 1.58. The molecule has 0 aliphatic rings. The molecule has 156 valence electrons. The minimum absolute atomic E-state index is 0.0319. The number of nitrogens with zero attached hydrogens (tertiary/aromatic N) is 3. The summed E-state index contributed by atoms with van der Waals surface area (Å²) >= 11 is 0.919. The van der Waals surface area contributed by atoms with E-state index in [9.17, 15) is 29.8 Å². The number of benzene rings is 2. The van der Waals surface area contributed by atoms with Crippen LogP contribution in [0, 0.1) is 20.2 Å². The number of carbonyl (C=O) groups excluding carboxylic acids is 2. The van der Waals surface area contributed by atoms with E-state index in [-0.39, 0.29) is 21.8 Å². The molecule has 2 N–H and O–H groups in total. The molecule has 0 unspecified atom stereocenters. The summed E-state index contributed by atoms with van der Waals surface area (Å²) < 4.78 is 0. The van der Waals surface area contributed by atoms with Crippen LogP contribution in [0.4, 0.5) is 16.4 Å². The molecule has 0 radical (unpaired) electrons. The standard InChI is InChI=1S/C19H13N5O6S/c25-18(13-2-1-3-15(10-13)23(27)28)21-14-6-4-12(5-7-14)19(26)22-20-11-16-8-9-17(31-16)24(29)30/h1-11H,(H,21,25)(H,22,26)/b20-11+. The number of anilines is 1. The summed E-state index contributed by atoms with van der Waals surface area (Å²) in [5.74, 6) is -1.05. The van der Waals surface area contributed by atoms with Gasteiger partial charge in [0, 0.05) is 35.0 Å². The van der Waals surface area contributed by atoms with Gasteiger partial charge in [0.2, 0.25) is 0 Å². The van der Waals surface area contributed by atoms with Gasteiger partial charge < -0.3 is 5.32 Å². The molecule has 2 aromatic carbocycles. The molecule has 1 heterocycles. The molecule has 11 nitrogen and oxygen atoms in total. The predicted molar refractivity (Wildman–Crippen MR) is 114 cm³/mol. The van der Waals surface area contributed by atoms with Crippen molar-refractivity contribution in [2.75, 3.05) is 5.32 Å². The predicted octanol–water partition coefficient (Wildman–Crippen LogP) is 3.58. The van der Waals surface area contributed by atoms with Gasteiger partial charge in [-0.15, -0.1) is 0 Å². The average molecular weight is 439 g/mol. The van der Waals surface area contributed by atoms with Crippen LogP contribution in [-0.4, -0.2) is 27.9 Å². The van der Waals surface area contributed by atoms with E-state index in [1.807, 2.05) is 0 Å². The van der Waals surface area contributed by atoms with E-state index in [1.54, 1.807) is 0 Å². The maximum atomic E-state index is 12.3. The second kappa shape index (κ2) is 9.37. The topological polar surface area (TPSA) is 157 Å². The van der Waals surface area contributed by atoms with Gasteiger partial charge in [0.1, 0.15) is 0 Å². The molecule has 0 atom stereocenters. The Hall–Kier alpha value is -4.45. The summed E-state index contributed by atoms with van der Waals surface area (Å²) in [6.45, 7) is 0. The minimum Gasteiger partial charge on any atom is -0.322 e. The fraction of sp³-hybridized carbons (Fsp3) is 0. The number of rotatable bonds is 7. The maximum Gasteiger partial charge on any atom is 0.324 e. The lowest BCUT2D eigenvalue weighted by atomic mass is 10.1. The molecule has 2 amide bonds. The van der Waals surface area contributed by atoms with Crippen LogP contribution in [0.15, 0.2) is 65.8 Å². The van der Waals surface area contributed by atoms with E-state index < -0.39 is 21.7 Å². The quantitative estimate of drug-likeness (QED) is 0.325. The monoisotopic (exact) mass is 439 g/mol. The van der Waals surface area contributed by atoms with Crippen LogP contribution < -0.4 is 10.7 Å². The Labute approximate surface area is 178 Å². The Morgan fingerprint density at radius 2 is 1.65 bits per heavy atom. The summed E-state index contributed by atoms with van der Waals surface area (Å²) in [6.07, 6.45) is 1.29. The van der Waals surface area contributed by atoms with E-state index in [2.05, 4.69) is 15.8 Å². The Morgan fingerprint density at radius 3 is 2.29 bits per heavy atom. The van der Waals surface area contributed by atoms with E-state index in [0.717, 1.165) is 17.4 Å². The van der Waals surface area contributed by atoms with Crippen LogP contribution >= 0.6 is 11.3 Å². The number of nitrogens with one attached hydrogen (secondary N) is 2. The van der Waals surface area contributed by atoms with Crippen molar-refractivity contribution in [2.45, 2.75) is 0 Å². The highest BCUT2D eigenvalue weighted by Crippen LogP contribution is 2.22. The molecule has 0 saturated heterocycles. The van der Waals surface area contributed by atoms with Gasteiger partial charge in [-0.05, 0) is 36.4 Å². The maximum absolute atomic E-state index is 12.3.